The highest BCUT2D eigenvalue weighted by Gasteiger charge is 2.02. The molecule has 0 saturated carbocycles. The number of aryl methyl sites for hydroxylation is 2. The quantitative estimate of drug-likeness (QED) is 0.803. The molecule has 0 aliphatic rings. The molecule has 1 aromatic heterocycles. The lowest BCUT2D eigenvalue weighted by molar-refractivity contribution is 0.240. The minimum Gasteiger partial charge on any atom is -0.338 e. The number of thiazole rings is 1. The van der Waals surface area contributed by atoms with E-state index in [1.165, 1.54) is 5.56 Å². The zero-order valence-corrected chi connectivity index (χ0v) is 12.4. The Hall–Kier alpha value is -1.88. The minimum absolute atomic E-state index is 0.121. The first-order valence-electron chi connectivity index (χ1n) is 6.71. The van der Waals surface area contributed by atoms with E-state index in [1.54, 1.807) is 17.5 Å². The number of carbonyl (C=O) groups excluding carboxylic acids is 1. The maximum atomic E-state index is 11.6. The van der Waals surface area contributed by atoms with Gasteiger partial charge in [0.25, 0.3) is 0 Å². The summed E-state index contributed by atoms with van der Waals surface area (Å²) in [5.41, 5.74) is 1.30. The molecule has 0 fully saturated rings. The van der Waals surface area contributed by atoms with Crippen molar-refractivity contribution >= 4 is 17.4 Å². The molecular formula is C15H19N3OS. The summed E-state index contributed by atoms with van der Waals surface area (Å²) >= 11 is 1.60. The van der Waals surface area contributed by atoms with E-state index in [-0.39, 0.29) is 6.03 Å². The summed E-state index contributed by atoms with van der Waals surface area (Å²) in [4.78, 5) is 16.8. The van der Waals surface area contributed by atoms with Crippen molar-refractivity contribution in [2.45, 2.75) is 26.3 Å². The van der Waals surface area contributed by atoms with Crippen LogP contribution in [0.2, 0.25) is 0 Å². The molecule has 0 bridgehead atoms. The van der Waals surface area contributed by atoms with Crippen LogP contribution in [0, 0.1) is 6.92 Å². The molecule has 2 amide bonds. The van der Waals surface area contributed by atoms with Crippen molar-refractivity contribution in [3.8, 4) is 0 Å². The van der Waals surface area contributed by atoms with Gasteiger partial charge in [-0.3, -0.25) is 0 Å². The monoisotopic (exact) mass is 289 g/mol. The van der Waals surface area contributed by atoms with Crippen molar-refractivity contribution in [3.05, 3.63) is 52.0 Å². The van der Waals surface area contributed by atoms with Crippen molar-refractivity contribution in [3.63, 3.8) is 0 Å². The Bertz CT molecular complexity index is 539. The minimum atomic E-state index is -0.121. The van der Waals surface area contributed by atoms with Gasteiger partial charge in [0.2, 0.25) is 0 Å². The lowest BCUT2D eigenvalue weighted by atomic mass is 10.1. The summed E-state index contributed by atoms with van der Waals surface area (Å²) in [5.74, 6) is 0. The van der Waals surface area contributed by atoms with Crippen LogP contribution in [0.15, 0.2) is 36.5 Å². The number of aromatic nitrogens is 1. The number of benzene rings is 1. The van der Waals surface area contributed by atoms with Gasteiger partial charge in [-0.25, -0.2) is 9.78 Å². The third-order valence-electron chi connectivity index (χ3n) is 2.86. The van der Waals surface area contributed by atoms with E-state index in [9.17, 15) is 4.79 Å². The van der Waals surface area contributed by atoms with Crippen molar-refractivity contribution in [1.82, 2.24) is 15.6 Å². The molecule has 0 radical (unpaired) electrons. The van der Waals surface area contributed by atoms with Crippen LogP contribution in [0.5, 0.6) is 0 Å². The fourth-order valence-corrected chi connectivity index (χ4v) is 2.59. The topological polar surface area (TPSA) is 54.0 Å². The molecule has 0 saturated heterocycles. The van der Waals surface area contributed by atoms with E-state index in [0.29, 0.717) is 13.1 Å². The second-order valence-electron chi connectivity index (χ2n) is 4.54. The van der Waals surface area contributed by atoms with Gasteiger partial charge in [0.15, 0.2) is 0 Å². The molecule has 0 spiro atoms. The number of carbonyl (C=O) groups is 1. The maximum absolute atomic E-state index is 11.6. The van der Waals surface area contributed by atoms with Gasteiger partial charge < -0.3 is 10.6 Å². The summed E-state index contributed by atoms with van der Waals surface area (Å²) in [6.07, 6.45) is 3.72. The van der Waals surface area contributed by atoms with Crippen LogP contribution in [-0.4, -0.2) is 17.6 Å². The van der Waals surface area contributed by atoms with E-state index >= 15 is 0 Å². The second-order valence-corrected chi connectivity index (χ2v) is 5.86. The van der Waals surface area contributed by atoms with E-state index in [0.717, 1.165) is 22.7 Å². The summed E-state index contributed by atoms with van der Waals surface area (Å²) in [5, 5.41) is 6.71. The van der Waals surface area contributed by atoms with Crippen LogP contribution < -0.4 is 10.6 Å². The lowest BCUT2D eigenvalue weighted by Crippen LogP contribution is -2.35. The average molecular weight is 289 g/mol. The smallest absolute Gasteiger partial charge is 0.315 e. The summed E-state index contributed by atoms with van der Waals surface area (Å²) in [7, 11) is 0. The highest BCUT2D eigenvalue weighted by Crippen LogP contribution is 2.10. The van der Waals surface area contributed by atoms with Gasteiger partial charge in [0.05, 0.1) is 11.6 Å². The van der Waals surface area contributed by atoms with E-state index in [1.807, 2.05) is 25.1 Å². The molecule has 0 atom stereocenters. The van der Waals surface area contributed by atoms with Gasteiger partial charge in [0, 0.05) is 17.6 Å². The van der Waals surface area contributed by atoms with Crippen LogP contribution >= 0.6 is 11.3 Å². The van der Waals surface area contributed by atoms with Gasteiger partial charge in [-0.05, 0) is 25.3 Å². The molecule has 2 aromatic rings. The third kappa shape index (κ3) is 5.01. The number of nitrogens with zero attached hydrogens (tertiary/aromatic N) is 1. The number of rotatable bonds is 6. The molecular weight excluding hydrogens is 270 g/mol. The first-order chi connectivity index (χ1) is 9.74. The Kier molecular flexibility index (Phi) is 5.55. The number of urea groups is 1. The van der Waals surface area contributed by atoms with Crippen molar-refractivity contribution in [2.24, 2.45) is 0 Å². The molecule has 106 valence electrons. The highest BCUT2D eigenvalue weighted by molar-refractivity contribution is 7.11. The largest absolute Gasteiger partial charge is 0.338 e. The number of amides is 2. The van der Waals surface area contributed by atoms with Gasteiger partial charge in [-0.15, -0.1) is 11.3 Å². The van der Waals surface area contributed by atoms with Crippen molar-refractivity contribution < 1.29 is 4.79 Å². The Morgan fingerprint density at radius 1 is 1.25 bits per heavy atom. The molecule has 0 aliphatic heterocycles. The molecule has 4 nitrogen and oxygen atoms in total. The third-order valence-corrected chi connectivity index (χ3v) is 3.78. The maximum Gasteiger partial charge on any atom is 0.315 e. The first kappa shape index (κ1) is 14.5. The SMILES string of the molecule is Cc1ncc(CNC(=O)NCCCc2ccccc2)s1. The van der Waals surface area contributed by atoms with E-state index in [2.05, 4.69) is 27.8 Å². The predicted molar refractivity (Wildman–Crippen MR) is 81.9 cm³/mol. The zero-order chi connectivity index (χ0) is 14.2. The zero-order valence-electron chi connectivity index (χ0n) is 11.6. The normalized spacial score (nSPS) is 10.2. The fourth-order valence-electron chi connectivity index (χ4n) is 1.86. The van der Waals surface area contributed by atoms with Crippen LogP contribution in [-0.2, 0) is 13.0 Å². The highest BCUT2D eigenvalue weighted by atomic mass is 32.1. The number of hydrogen-bond acceptors (Lipinski definition) is 3. The molecule has 1 aromatic carbocycles. The van der Waals surface area contributed by atoms with Crippen LogP contribution in [0.25, 0.3) is 0 Å². The number of hydrogen-bond donors (Lipinski definition) is 2. The molecule has 1 heterocycles. The van der Waals surface area contributed by atoms with Crippen molar-refractivity contribution in [2.75, 3.05) is 6.54 Å². The van der Waals surface area contributed by atoms with E-state index < -0.39 is 0 Å². The fraction of sp³-hybridized carbons (Fsp3) is 0.333. The Labute approximate surface area is 123 Å². The summed E-state index contributed by atoms with van der Waals surface area (Å²) in [6, 6.07) is 10.2. The van der Waals surface area contributed by atoms with Crippen LogP contribution in [0.3, 0.4) is 0 Å². The molecule has 2 N–H and O–H groups in total. The molecule has 5 heteroatoms. The van der Waals surface area contributed by atoms with Crippen LogP contribution in [0.1, 0.15) is 21.9 Å². The van der Waals surface area contributed by atoms with Crippen molar-refractivity contribution in [1.29, 1.82) is 0 Å². The lowest BCUT2D eigenvalue weighted by Gasteiger charge is -2.06. The van der Waals surface area contributed by atoms with Gasteiger partial charge in [-0.2, -0.15) is 0 Å². The average Bonchev–Trinajstić information content (AvgIpc) is 2.88. The molecule has 0 aliphatic carbocycles. The molecule has 20 heavy (non-hydrogen) atoms. The standard InChI is InChI=1S/C15H19N3OS/c1-12-17-10-14(20-12)11-18-15(19)16-9-5-8-13-6-3-2-4-7-13/h2-4,6-7,10H,5,8-9,11H2,1H3,(H2,16,18,19). The van der Waals surface area contributed by atoms with Gasteiger partial charge in [-0.1, -0.05) is 30.3 Å². The molecule has 2 rings (SSSR count). The van der Waals surface area contributed by atoms with Gasteiger partial charge in [0.1, 0.15) is 0 Å². The predicted octanol–water partition coefficient (Wildman–Crippen LogP) is 2.88. The molecule has 0 unspecified atom stereocenters. The van der Waals surface area contributed by atoms with E-state index in [4.69, 9.17) is 0 Å². The Morgan fingerprint density at radius 3 is 2.75 bits per heavy atom. The first-order valence-corrected chi connectivity index (χ1v) is 7.52. The summed E-state index contributed by atoms with van der Waals surface area (Å²) in [6.45, 7) is 3.18. The Morgan fingerprint density at radius 2 is 2.05 bits per heavy atom. The van der Waals surface area contributed by atoms with Crippen LogP contribution in [0.4, 0.5) is 4.79 Å². The summed E-state index contributed by atoms with van der Waals surface area (Å²) < 4.78 is 0. The number of nitrogens with one attached hydrogen (secondary N) is 2. The Balaban J connectivity index is 1.58. The van der Waals surface area contributed by atoms with Gasteiger partial charge >= 0.3 is 6.03 Å². The second kappa shape index (κ2) is 7.65.